The van der Waals surface area contributed by atoms with Gasteiger partial charge < -0.3 is 14.9 Å². The third kappa shape index (κ3) is 4.04. The highest BCUT2D eigenvalue weighted by molar-refractivity contribution is 7.71. The lowest BCUT2D eigenvalue weighted by Crippen LogP contribution is -2.25. The van der Waals surface area contributed by atoms with Crippen LogP contribution in [-0.2, 0) is 11.2 Å². The molecule has 0 amide bonds. The summed E-state index contributed by atoms with van der Waals surface area (Å²) in [5, 5.41) is 28.4. The van der Waals surface area contributed by atoms with Crippen LogP contribution in [0.15, 0.2) is 28.1 Å². The number of methoxy groups -OCH3 is 1. The van der Waals surface area contributed by atoms with Crippen molar-refractivity contribution in [2.24, 2.45) is 5.10 Å². The van der Waals surface area contributed by atoms with E-state index in [4.69, 9.17) is 22.1 Å². The summed E-state index contributed by atoms with van der Waals surface area (Å²) in [6, 6.07) is 4.53. The normalized spacial score (nSPS) is 10.9. The number of aromatic amines is 1. The number of carboxylic acid groups (broad SMARTS) is 1. The van der Waals surface area contributed by atoms with Crippen molar-refractivity contribution < 1.29 is 19.7 Å². The number of nitrogens with zero attached hydrogens (tertiary/aromatic N) is 3. The molecule has 0 aliphatic heterocycles. The van der Waals surface area contributed by atoms with E-state index < -0.39 is 11.5 Å². The Balaban J connectivity index is 2.35. The van der Waals surface area contributed by atoms with Gasteiger partial charge in [0.2, 0.25) is 4.77 Å². The van der Waals surface area contributed by atoms with Crippen LogP contribution in [0.1, 0.15) is 17.7 Å². The van der Waals surface area contributed by atoms with Crippen LogP contribution in [0.5, 0.6) is 11.5 Å². The van der Waals surface area contributed by atoms with Crippen molar-refractivity contribution in [3.8, 4) is 11.5 Å². The number of carboxylic acids is 1. The van der Waals surface area contributed by atoms with Crippen molar-refractivity contribution in [2.45, 2.75) is 12.8 Å². The van der Waals surface area contributed by atoms with Crippen LogP contribution in [0.4, 0.5) is 0 Å². The maximum atomic E-state index is 12.2. The maximum Gasteiger partial charge on any atom is 0.303 e. The van der Waals surface area contributed by atoms with Crippen LogP contribution in [0.3, 0.4) is 0 Å². The molecule has 0 fully saturated rings. The minimum atomic E-state index is -1.04. The first-order chi connectivity index (χ1) is 11.4. The zero-order valence-corrected chi connectivity index (χ0v) is 13.4. The predicted octanol–water partition coefficient (Wildman–Crippen LogP) is 0.914. The number of aromatic hydroxyl groups is 1. The highest BCUT2D eigenvalue weighted by Gasteiger charge is 2.09. The average molecular weight is 350 g/mol. The van der Waals surface area contributed by atoms with Gasteiger partial charge in [-0.1, -0.05) is 0 Å². The molecule has 9 nitrogen and oxygen atoms in total. The number of ether oxygens (including phenoxy) is 1. The molecule has 3 N–H and O–H groups in total. The number of H-pyrrole nitrogens is 1. The van der Waals surface area contributed by atoms with Gasteiger partial charge in [-0.25, -0.2) is 0 Å². The van der Waals surface area contributed by atoms with Crippen molar-refractivity contribution in [3.05, 3.63) is 44.6 Å². The number of aromatic nitrogens is 3. The summed E-state index contributed by atoms with van der Waals surface area (Å²) in [7, 11) is 1.41. The van der Waals surface area contributed by atoms with Gasteiger partial charge in [0, 0.05) is 6.42 Å². The summed E-state index contributed by atoms with van der Waals surface area (Å²) in [6.45, 7) is 0. The molecule has 0 radical (unpaired) electrons. The molecule has 10 heteroatoms. The van der Waals surface area contributed by atoms with Gasteiger partial charge in [-0.2, -0.15) is 14.9 Å². The molecule has 0 saturated heterocycles. The highest BCUT2D eigenvalue weighted by Crippen LogP contribution is 2.25. The zero-order chi connectivity index (χ0) is 17.7. The zero-order valence-electron chi connectivity index (χ0n) is 12.6. The minimum Gasteiger partial charge on any atom is -0.504 e. The predicted molar refractivity (Wildman–Crippen MR) is 87.3 cm³/mol. The fourth-order valence-electron chi connectivity index (χ4n) is 1.82. The van der Waals surface area contributed by atoms with Crippen molar-refractivity contribution in [3.63, 3.8) is 0 Å². The fraction of sp³-hybridized carbons (Fsp3) is 0.214. The molecule has 0 saturated carbocycles. The average Bonchev–Trinajstić information content (AvgIpc) is 2.55. The quantitative estimate of drug-likeness (QED) is 0.521. The van der Waals surface area contributed by atoms with Crippen molar-refractivity contribution in [1.82, 2.24) is 14.9 Å². The monoisotopic (exact) mass is 350 g/mol. The Kier molecular flexibility index (Phi) is 5.42. The number of phenolic OH excluding ortho intramolecular Hbond substituents is 1. The summed E-state index contributed by atoms with van der Waals surface area (Å²) >= 11 is 4.97. The number of aliphatic carboxylic acids is 1. The molecule has 1 aromatic carbocycles. The summed E-state index contributed by atoms with van der Waals surface area (Å²) in [5.74, 6) is -0.804. The van der Waals surface area contributed by atoms with Gasteiger partial charge in [-0.05, 0) is 36.0 Å². The Labute approximate surface area is 140 Å². The van der Waals surface area contributed by atoms with Gasteiger partial charge in [0.15, 0.2) is 11.5 Å². The molecule has 0 atom stereocenters. The second kappa shape index (κ2) is 7.51. The molecular weight excluding hydrogens is 336 g/mol. The van der Waals surface area contributed by atoms with Crippen LogP contribution in [0.2, 0.25) is 0 Å². The largest absolute Gasteiger partial charge is 0.504 e. The Morgan fingerprint density at radius 2 is 2.29 bits per heavy atom. The number of hydrogen-bond acceptors (Lipinski definition) is 7. The smallest absolute Gasteiger partial charge is 0.303 e. The second-order valence-electron chi connectivity index (χ2n) is 4.66. The standard InChI is InChI=1S/C14H14N4O5S/c1-23-11-6-8(2-4-10(11)19)7-15-18-13(22)9(3-5-12(20)21)16-17-14(18)24/h2,4,6-7,19H,3,5H2,1H3,(H,17,24)(H,20,21)/b15-7-. The van der Waals surface area contributed by atoms with Gasteiger partial charge in [0.25, 0.3) is 5.56 Å². The second-order valence-corrected chi connectivity index (χ2v) is 5.05. The topological polar surface area (TPSA) is 130 Å². The summed E-state index contributed by atoms with van der Waals surface area (Å²) in [5.41, 5.74) is -0.0109. The molecule has 24 heavy (non-hydrogen) atoms. The maximum absolute atomic E-state index is 12.2. The number of rotatable bonds is 6. The van der Waals surface area contributed by atoms with Gasteiger partial charge in [0.1, 0.15) is 5.69 Å². The van der Waals surface area contributed by atoms with Crippen LogP contribution in [-0.4, -0.2) is 44.4 Å². The molecule has 126 valence electrons. The molecule has 0 aliphatic rings. The van der Waals surface area contributed by atoms with E-state index in [0.717, 1.165) is 4.68 Å². The van der Waals surface area contributed by atoms with Crippen molar-refractivity contribution in [1.29, 1.82) is 0 Å². The first-order valence-corrected chi connectivity index (χ1v) is 7.17. The van der Waals surface area contributed by atoms with Crippen LogP contribution in [0.25, 0.3) is 0 Å². The highest BCUT2D eigenvalue weighted by atomic mass is 32.1. The Morgan fingerprint density at radius 1 is 1.54 bits per heavy atom. The van der Waals surface area contributed by atoms with E-state index in [2.05, 4.69) is 15.3 Å². The molecule has 0 aliphatic carbocycles. The van der Waals surface area contributed by atoms with Crippen LogP contribution < -0.4 is 10.3 Å². The number of aryl methyl sites for hydroxylation is 1. The van der Waals surface area contributed by atoms with Crippen molar-refractivity contribution in [2.75, 3.05) is 7.11 Å². The number of nitrogens with one attached hydrogen (secondary N) is 1. The Bertz CT molecular complexity index is 903. The summed E-state index contributed by atoms with van der Waals surface area (Å²) in [4.78, 5) is 22.8. The van der Waals surface area contributed by atoms with E-state index in [0.29, 0.717) is 5.56 Å². The number of phenols is 1. The van der Waals surface area contributed by atoms with E-state index in [1.807, 2.05) is 0 Å². The molecule has 1 heterocycles. The third-order valence-electron chi connectivity index (χ3n) is 3.02. The van der Waals surface area contributed by atoms with E-state index in [1.165, 1.54) is 25.5 Å². The number of carbonyl (C=O) groups is 1. The lowest BCUT2D eigenvalue weighted by Gasteiger charge is -2.04. The van der Waals surface area contributed by atoms with E-state index in [9.17, 15) is 14.7 Å². The molecule has 0 bridgehead atoms. The molecular formula is C14H14N4O5S. The molecule has 0 spiro atoms. The third-order valence-corrected chi connectivity index (χ3v) is 3.28. The van der Waals surface area contributed by atoms with E-state index >= 15 is 0 Å². The SMILES string of the molecule is COc1cc(/C=N\n2c(=S)[nH]nc(CCC(=O)O)c2=O)ccc1O. The molecule has 2 rings (SSSR count). The first kappa shape index (κ1) is 17.3. The van der Waals surface area contributed by atoms with Crippen LogP contribution >= 0.6 is 12.2 Å². The molecule has 0 unspecified atom stereocenters. The number of hydrogen-bond donors (Lipinski definition) is 3. The minimum absolute atomic E-state index is 0.0198. The van der Waals surface area contributed by atoms with Crippen molar-refractivity contribution >= 4 is 24.4 Å². The first-order valence-electron chi connectivity index (χ1n) is 6.76. The molecule has 1 aromatic heterocycles. The Morgan fingerprint density at radius 3 is 2.96 bits per heavy atom. The molecule has 2 aromatic rings. The fourth-order valence-corrected chi connectivity index (χ4v) is 1.99. The van der Waals surface area contributed by atoms with E-state index in [-0.39, 0.29) is 34.8 Å². The van der Waals surface area contributed by atoms with Gasteiger partial charge in [-0.3, -0.25) is 14.7 Å². The lowest BCUT2D eigenvalue weighted by molar-refractivity contribution is -0.136. The van der Waals surface area contributed by atoms with Gasteiger partial charge >= 0.3 is 5.97 Å². The number of benzene rings is 1. The Hall–Kier alpha value is -3.01. The summed E-state index contributed by atoms with van der Waals surface area (Å²) < 4.78 is 5.87. The van der Waals surface area contributed by atoms with E-state index in [1.54, 1.807) is 6.07 Å². The van der Waals surface area contributed by atoms with Gasteiger partial charge in [0.05, 0.1) is 19.7 Å². The van der Waals surface area contributed by atoms with Gasteiger partial charge in [-0.15, -0.1) is 0 Å². The van der Waals surface area contributed by atoms with Crippen LogP contribution in [0, 0.1) is 4.77 Å². The summed E-state index contributed by atoms with van der Waals surface area (Å²) in [6.07, 6.45) is 1.09. The lowest BCUT2D eigenvalue weighted by atomic mass is 10.2.